The fraction of sp³-hybridized carbons (Fsp3) is 0.385. The van der Waals surface area contributed by atoms with Crippen LogP contribution in [0.25, 0.3) is 0 Å². The van der Waals surface area contributed by atoms with E-state index in [4.69, 9.17) is 23.2 Å². The van der Waals surface area contributed by atoms with Gasteiger partial charge in [-0.15, -0.1) is 0 Å². The number of amides is 1. The third kappa shape index (κ3) is 2.85. The predicted octanol–water partition coefficient (Wildman–Crippen LogP) is 2.98. The topological polar surface area (TPSA) is 66.4 Å². The largest absolute Gasteiger partial charge is 0.480 e. The third-order valence-corrected chi connectivity index (χ3v) is 3.93. The normalized spacial score (nSPS) is 17.6. The first-order valence-corrected chi connectivity index (χ1v) is 6.61. The van der Waals surface area contributed by atoms with Crippen LogP contribution in [0, 0.1) is 5.92 Å². The Morgan fingerprint density at radius 1 is 1.37 bits per heavy atom. The van der Waals surface area contributed by atoms with Crippen molar-refractivity contribution in [1.82, 2.24) is 5.32 Å². The Bertz CT molecular complexity index is 543. The van der Waals surface area contributed by atoms with Gasteiger partial charge in [0.15, 0.2) is 0 Å². The number of benzene rings is 1. The molecule has 1 amide bonds. The van der Waals surface area contributed by atoms with Crippen molar-refractivity contribution in [3.05, 3.63) is 33.8 Å². The minimum atomic E-state index is -1.25. The zero-order valence-electron chi connectivity index (χ0n) is 10.2. The number of hydrogen-bond acceptors (Lipinski definition) is 2. The van der Waals surface area contributed by atoms with Crippen LogP contribution in [-0.4, -0.2) is 22.5 Å². The molecule has 0 bridgehead atoms. The molecule has 0 radical (unpaired) electrons. The first-order chi connectivity index (χ1) is 8.84. The number of carboxylic acids is 1. The minimum absolute atomic E-state index is 0.0278. The average Bonchev–Trinajstić information content (AvgIpc) is 3.11. The Morgan fingerprint density at radius 3 is 2.47 bits per heavy atom. The molecule has 0 aliphatic heterocycles. The molecule has 19 heavy (non-hydrogen) atoms. The van der Waals surface area contributed by atoms with Crippen molar-refractivity contribution in [3.63, 3.8) is 0 Å². The number of carboxylic acid groups (broad SMARTS) is 1. The molecule has 0 spiro atoms. The molecule has 2 rings (SSSR count). The van der Waals surface area contributed by atoms with Gasteiger partial charge in [0, 0.05) is 5.02 Å². The molecule has 0 saturated heterocycles. The molecule has 1 aromatic rings. The molecular formula is C13H13Cl2NO3. The second-order valence-corrected chi connectivity index (χ2v) is 5.70. The van der Waals surface area contributed by atoms with Crippen molar-refractivity contribution in [2.75, 3.05) is 0 Å². The second-order valence-electron chi connectivity index (χ2n) is 4.86. The maximum atomic E-state index is 12.1. The Balaban J connectivity index is 2.22. The first-order valence-electron chi connectivity index (χ1n) is 5.85. The number of carbonyl (C=O) groups is 2. The summed E-state index contributed by atoms with van der Waals surface area (Å²) in [5, 5.41) is 12.5. The molecule has 1 unspecified atom stereocenters. The zero-order valence-corrected chi connectivity index (χ0v) is 11.8. The fourth-order valence-electron chi connectivity index (χ4n) is 1.97. The van der Waals surface area contributed by atoms with Crippen LogP contribution < -0.4 is 5.32 Å². The highest BCUT2D eigenvalue weighted by atomic mass is 35.5. The highest BCUT2D eigenvalue weighted by Gasteiger charge is 2.48. The maximum absolute atomic E-state index is 12.1. The molecule has 1 saturated carbocycles. The van der Waals surface area contributed by atoms with E-state index < -0.39 is 17.4 Å². The van der Waals surface area contributed by atoms with E-state index in [0.29, 0.717) is 5.02 Å². The molecule has 1 aliphatic carbocycles. The van der Waals surface area contributed by atoms with Crippen LogP contribution in [0.3, 0.4) is 0 Å². The quantitative estimate of drug-likeness (QED) is 0.898. The summed E-state index contributed by atoms with van der Waals surface area (Å²) in [7, 11) is 0. The van der Waals surface area contributed by atoms with Crippen molar-refractivity contribution < 1.29 is 14.7 Å². The molecule has 0 aromatic heterocycles. The number of hydrogen-bond donors (Lipinski definition) is 2. The van der Waals surface area contributed by atoms with Gasteiger partial charge in [0.05, 0.1) is 10.6 Å². The minimum Gasteiger partial charge on any atom is -0.480 e. The van der Waals surface area contributed by atoms with Gasteiger partial charge in [0.1, 0.15) is 5.54 Å². The van der Waals surface area contributed by atoms with E-state index in [9.17, 15) is 14.7 Å². The molecule has 0 heterocycles. The van der Waals surface area contributed by atoms with Gasteiger partial charge in [0.25, 0.3) is 5.91 Å². The SMILES string of the molecule is CC(NC(=O)c1ccc(Cl)cc1Cl)(C(=O)O)C1CC1. The van der Waals surface area contributed by atoms with Crippen LogP contribution in [0.5, 0.6) is 0 Å². The Hall–Kier alpha value is -1.26. The smallest absolute Gasteiger partial charge is 0.329 e. The predicted molar refractivity (Wildman–Crippen MR) is 72.7 cm³/mol. The second kappa shape index (κ2) is 5.02. The Labute approximate surface area is 120 Å². The summed E-state index contributed by atoms with van der Waals surface area (Å²) >= 11 is 11.7. The highest BCUT2D eigenvalue weighted by Crippen LogP contribution is 2.40. The summed E-state index contributed by atoms with van der Waals surface area (Å²) in [4.78, 5) is 23.5. The lowest BCUT2D eigenvalue weighted by Crippen LogP contribution is -2.54. The molecule has 1 aromatic carbocycles. The summed E-state index contributed by atoms with van der Waals surface area (Å²) in [5.41, 5.74) is -1.03. The van der Waals surface area contributed by atoms with E-state index in [-0.39, 0.29) is 16.5 Å². The van der Waals surface area contributed by atoms with Crippen molar-refractivity contribution in [2.45, 2.75) is 25.3 Å². The van der Waals surface area contributed by atoms with Gasteiger partial charge in [0.2, 0.25) is 0 Å². The summed E-state index contributed by atoms with van der Waals surface area (Å²) in [6, 6.07) is 4.47. The van der Waals surface area contributed by atoms with Gasteiger partial charge >= 0.3 is 5.97 Å². The third-order valence-electron chi connectivity index (χ3n) is 3.39. The standard InChI is InChI=1S/C13H13Cl2NO3/c1-13(12(18)19,7-2-3-7)16-11(17)9-5-4-8(14)6-10(9)15/h4-7H,2-3H2,1H3,(H,16,17)(H,18,19). The summed E-state index contributed by atoms with van der Waals surface area (Å²) in [6.07, 6.45) is 1.61. The van der Waals surface area contributed by atoms with E-state index in [1.54, 1.807) is 0 Å². The number of halogens is 2. The van der Waals surface area contributed by atoms with Gasteiger partial charge in [-0.2, -0.15) is 0 Å². The Kier molecular flexibility index (Phi) is 3.74. The average molecular weight is 302 g/mol. The van der Waals surface area contributed by atoms with E-state index in [1.807, 2.05) is 0 Å². The lowest BCUT2D eigenvalue weighted by Gasteiger charge is -2.26. The van der Waals surface area contributed by atoms with Crippen molar-refractivity contribution in [1.29, 1.82) is 0 Å². The Morgan fingerprint density at radius 2 is 2.00 bits per heavy atom. The van der Waals surface area contributed by atoms with Crippen molar-refractivity contribution in [3.8, 4) is 0 Å². The molecule has 4 nitrogen and oxygen atoms in total. The molecule has 1 aliphatic rings. The monoisotopic (exact) mass is 301 g/mol. The van der Waals surface area contributed by atoms with Gasteiger partial charge in [-0.3, -0.25) is 4.79 Å². The molecular weight excluding hydrogens is 289 g/mol. The van der Waals surface area contributed by atoms with E-state index >= 15 is 0 Å². The zero-order chi connectivity index (χ0) is 14.2. The van der Waals surface area contributed by atoms with Gasteiger partial charge in [-0.25, -0.2) is 4.79 Å². The summed E-state index contributed by atoms with van der Waals surface area (Å²) < 4.78 is 0. The van der Waals surface area contributed by atoms with Crippen LogP contribution in [0.2, 0.25) is 10.0 Å². The number of rotatable bonds is 4. The van der Waals surface area contributed by atoms with Crippen LogP contribution in [0.15, 0.2) is 18.2 Å². The van der Waals surface area contributed by atoms with E-state index in [2.05, 4.69) is 5.32 Å². The maximum Gasteiger partial charge on any atom is 0.329 e. The molecule has 102 valence electrons. The fourth-order valence-corrected chi connectivity index (χ4v) is 2.46. The van der Waals surface area contributed by atoms with E-state index in [1.165, 1.54) is 25.1 Å². The van der Waals surface area contributed by atoms with Crippen LogP contribution >= 0.6 is 23.2 Å². The van der Waals surface area contributed by atoms with Crippen LogP contribution in [0.4, 0.5) is 0 Å². The van der Waals surface area contributed by atoms with Crippen LogP contribution in [0.1, 0.15) is 30.1 Å². The summed E-state index contributed by atoms with van der Waals surface area (Å²) in [5.74, 6) is -1.56. The summed E-state index contributed by atoms with van der Waals surface area (Å²) in [6.45, 7) is 1.52. The van der Waals surface area contributed by atoms with Gasteiger partial charge in [-0.1, -0.05) is 23.2 Å². The lowest BCUT2D eigenvalue weighted by molar-refractivity contribution is -0.144. The molecule has 1 atom stereocenters. The molecule has 2 N–H and O–H groups in total. The molecule has 1 fully saturated rings. The van der Waals surface area contributed by atoms with Gasteiger partial charge < -0.3 is 10.4 Å². The number of nitrogens with one attached hydrogen (secondary N) is 1. The van der Waals surface area contributed by atoms with Crippen molar-refractivity contribution >= 4 is 35.1 Å². The number of carbonyl (C=O) groups excluding carboxylic acids is 1. The van der Waals surface area contributed by atoms with E-state index in [0.717, 1.165) is 12.8 Å². The highest BCUT2D eigenvalue weighted by molar-refractivity contribution is 6.36. The van der Waals surface area contributed by atoms with Crippen molar-refractivity contribution in [2.24, 2.45) is 5.92 Å². The molecule has 6 heteroatoms. The van der Waals surface area contributed by atoms with Gasteiger partial charge in [-0.05, 0) is 43.9 Å². The lowest BCUT2D eigenvalue weighted by atomic mass is 9.95. The van der Waals surface area contributed by atoms with Crippen LogP contribution in [-0.2, 0) is 4.79 Å². The first kappa shape index (κ1) is 14.2. The number of aliphatic carboxylic acids is 1.